The SMILES string of the molecule is CNCC1CCCCN1S(=O)(=O)NC1CCC(C)(C)CC1. The molecule has 0 radical (unpaired) electrons. The summed E-state index contributed by atoms with van der Waals surface area (Å²) in [6, 6.07) is 0.210. The van der Waals surface area contributed by atoms with Gasteiger partial charge in [0.2, 0.25) is 0 Å². The van der Waals surface area contributed by atoms with Crippen LogP contribution < -0.4 is 10.0 Å². The van der Waals surface area contributed by atoms with Gasteiger partial charge in [0.05, 0.1) is 0 Å². The van der Waals surface area contributed by atoms with Crippen molar-refractivity contribution in [3.63, 3.8) is 0 Å². The second-order valence-electron chi connectivity index (χ2n) is 7.38. The number of likely N-dealkylation sites (N-methyl/N-ethyl adjacent to an activating group) is 1. The number of nitrogens with zero attached hydrogens (tertiary/aromatic N) is 1. The second kappa shape index (κ2) is 6.94. The van der Waals surface area contributed by atoms with E-state index in [0.717, 1.165) is 51.5 Å². The molecule has 1 unspecified atom stereocenters. The van der Waals surface area contributed by atoms with Crippen LogP contribution in [0.5, 0.6) is 0 Å². The van der Waals surface area contributed by atoms with E-state index < -0.39 is 10.2 Å². The minimum absolute atomic E-state index is 0.0984. The molecule has 1 aliphatic heterocycles. The minimum atomic E-state index is -3.35. The summed E-state index contributed by atoms with van der Waals surface area (Å²) in [7, 11) is -1.46. The standard InChI is InChI=1S/C15H31N3O2S/c1-15(2)9-7-13(8-10-15)17-21(19,20)18-11-5-4-6-14(18)12-16-3/h13-14,16-17H,4-12H2,1-3H3. The Bertz CT molecular complexity index is 424. The van der Waals surface area contributed by atoms with Gasteiger partial charge in [-0.15, -0.1) is 0 Å². The topological polar surface area (TPSA) is 61.4 Å². The van der Waals surface area contributed by atoms with Crippen LogP contribution in [0.4, 0.5) is 0 Å². The number of nitrogens with one attached hydrogen (secondary N) is 2. The molecule has 0 amide bonds. The Morgan fingerprint density at radius 1 is 1.14 bits per heavy atom. The largest absolute Gasteiger partial charge is 0.318 e. The van der Waals surface area contributed by atoms with Crippen molar-refractivity contribution in [3.8, 4) is 0 Å². The molecule has 1 saturated carbocycles. The molecule has 0 aromatic carbocycles. The fourth-order valence-electron chi connectivity index (χ4n) is 3.53. The van der Waals surface area contributed by atoms with E-state index in [1.807, 2.05) is 7.05 Å². The molecular weight excluding hydrogens is 286 g/mol. The first-order chi connectivity index (χ1) is 9.84. The highest BCUT2D eigenvalue weighted by atomic mass is 32.2. The van der Waals surface area contributed by atoms with Gasteiger partial charge in [0.25, 0.3) is 10.2 Å². The first-order valence-corrected chi connectivity index (χ1v) is 9.72. The Balaban J connectivity index is 1.97. The van der Waals surface area contributed by atoms with E-state index in [2.05, 4.69) is 23.9 Å². The summed E-state index contributed by atoms with van der Waals surface area (Å²) < 4.78 is 30.0. The summed E-state index contributed by atoms with van der Waals surface area (Å²) >= 11 is 0. The summed E-state index contributed by atoms with van der Waals surface area (Å²) in [6.45, 7) is 5.93. The molecule has 5 nitrogen and oxygen atoms in total. The lowest BCUT2D eigenvalue weighted by Crippen LogP contribution is -2.54. The van der Waals surface area contributed by atoms with Crippen molar-refractivity contribution in [1.82, 2.24) is 14.3 Å². The second-order valence-corrected chi connectivity index (χ2v) is 9.03. The fraction of sp³-hybridized carbons (Fsp3) is 1.00. The molecule has 124 valence electrons. The van der Waals surface area contributed by atoms with Crippen molar-refractivity contribution in [2.24, 2.45) is 5.41 Å². The molecule has 2 aliphatic rings. The van der Waals surface area contributed by atoms with Gasteiger partial charge < -0.3 is 5.32 Å². The number of piperidine rings is 1. The predicted molar refractivity (Wildman–Crippen MR) is 86.4 cm³/mol. The Labute approximate surface area is 130 Å². The molecular formula is C15H31N3O2S. The molecule has 6 heteroatoms. The maximum Gasteiger partial charge on any atom is 0.279 e. The molecule has 2 fully saturated rings. The van der Waals surface area contributed by atoms with E-state index in [1.54, 1.807) is 4.31 Å². The van der Waals surface area contributed by atoms with E-state index in [-0.39, 0.29) is 12.1 Å². The molecule has 21 heavy (non-hydrogen) atoms. The highest BCUT2D eigenvalue weighted by molar-refractivity contribution is 7.87. The van der Waals surface area contributed by atoms with Crippen LogP contribution >= 0.6 is 0 Å². The molecule has 2 rings (SSSR count). The molecule has 1 atom stereocenters. The monoisotopic (exact) mass is 317 g/mol. The lowest BCUT2D eigenvalue weighted by Gasteiger charge is -2.38. The van der Waals surface area contributed by atoms with Gasteiger partial charge in [-0.3, -0.25) is 0 Å². The smallest absolute Gasteiger partial charge is 0.279 e. The third kappa shape index (κ3) is 4.65. The third-order valence-electron chi connectivity index (χ3n) is 4.98. The molecule has 0 aromatic heterocycles. The van der Waals surface area contributed by atoms with Crippen LogP contribution in [0, 0.1) is 5.41 Å². The molecule has 1 heterocycles. The van der Waals surface area contributed by atoms with Gasteiger partial charge in [0.1, 0.15) is 0 Å². The first kappa shape index (κ1) is 17.2. The maximum absolute atomic E-state index is 12.7. The molecule has 1 aliphatic carbocycles. The minimum Gasteiger partial charge on any atom is -0.318 e. The van der Waals surface area contributed by atoms with Gasteiger partial charge in [-0.05, 0) is 51.0 Å². The van der Waals surface area contributed by atoms with Crippen molar-refractivity contribution >= 4 is 10.2 Å². The van der Waals surface area contributed by atoms with Crippen LogP contribution in [0.2, 0.25) is 0 Å². The Morgan fingerprint density at radius 3 is 2.43 bits per heavy atom. The van der Waals surface area contributed by atoms with Crippen molar-refractivity contribution in [2.75, 3.05) is 20.1 Å². The van der Waals surface area contributed by atoms with E-state index in [0.29, 0.717) is 12.0 Å². The van der Waals surface area contributed by atoms with Crippen LogP contribution in [-0.2, 0) is 10.2 Å². The molecule has 0 bridgehead atoms. The van der Waals surface area contributed by atoms with Crippen LogP contribution in [0.15, 0.2) is 0 Å². The van der Waals surface area contributed by atoms with E-state index in [9.17, 15) is 8.42 Å². The van der Waals surface area contributed by atoms with Gasteiger partial charge in [0.15, 0.2) is 0 Å². The van der Waals surface area contributed by atoms with E-state index >= 15 is 0 Å². The molecule has 0 aromatic rings. The summed E-state index contributed by atoms with van der Waals surface area (Å²) in [5.74, 6) is 0. The average Bonchev–Trinajstić information content (AvgIpc) is 2.42. The van der Waals surface area contributed by atoms with Gasteiger partial charge in [-0.25, -0.2) is 0 Å². The number of hydrogen-bond acceptors (Lipinski definition) is 3. The first-order valence-electron chi connectivity index (χ1n) is 8.28. The Kier molecular flexibility index (Phi) is 5.68. The maximum atomic E-state index is 12.7. The highest BCUT2D eigenvalue weighted by Crippen LogP contribution is 2.35. The fourth-order valence-corrected chi connectivity index (χ4v) is 5.26. The van der Waals surface area contributed by atoms with Crippen molar-refractivity contribution in [1.29, 1.82) is 0 Å². The van der Waals surface area contributed by atoms with Crippen LogP contribution in [0.3, 0.4) is 0 Å². The lowest BCUT2D eigenvalue weighted by atomic mass is 9.76. The third-order valence-corrected chi connectivity index (χ3v) is 6.71. The van der Waals surface area contributed by atoms with Gasteiger partial charge in [-0.2, -0.15) is 17.4 Å². The molecule has 2 N–H and O–H groups in total. The predicted octanol–water partition coefficient (Wildman–Crippen LogP) is 1.86. The zero-order valence-electron chi connectivity index (χ0n) is 13.7. The number of hydrogen-bond donors (Lipinski definition) is 2. The zero-order chi connectivity index (χ0) is 15.5. The summed E-state index contributed by atoms with van der Waals surface area (Å²) in [6.07, 6.45) is 7.15. The quantitative estimate of drug-likeness (QED) is 0.814. The van der Waals surface area contributed by atoms with E-state index in [4.69, 9.17) is 0 Å². The van der Waals surface area contributed by atoms with Gasteiger partial charge in [-0.1, -0.05) is 20.3 Å². The van der Waals surface area contributed by atoms with Crippen LogP contribution in [0.1, 0.15) is 58.8 Å². The normalized spacial score (nSPS) is 28.6. The van der Waals surface area contributed by atoms with Crippen molar-refractivity contribution in [3.05, 3.63) is 0 Å². The Hall–Kier alpha value is -0.170. The Morgan fingerprint density at radius 2 is 1.81 bits per heavy atom. The molecule has 0 spiro atoms. The average molecular weight is 317 g/mol. The lowest BCUT2D eigenvalue weighted by molar-refractivity contribution is 0.210. The summed E-state index contributed by atoms with van der Waals surface area (Å²) in [4.78, 5) is 0. The highest BCUT2D eigenvalue weighted by Gasteiger charge is 2.35. The van der Waals surface area contributed by atoms with E-state index in [1.165, 1.54) is 0 Å². The number of rotatable bonds is 5. The van der Waals surface area contributed by atoms with Gasteiger partial charge >= 0.3 is 0 Å². The van der Waals surface area contributed by atoms with Crippen LogP contribution in [-0.4, -0.2) is 44.9 Å². The summed E-state index contributed by atoms with van der Waals surface area (Å²) in [5.41, 5.74) is 0.363. The molecule has 1 saturated heterocycles. The summed E-state index contributed by atoms with van der Waals surface area (Å²) in [5, 5.41) is 3.12. The zero-order valence-corrected chi connectivity index (χ0v) is 14.5. The van der Waals surface area contributed by atoms with Gasteiger partial charge in [0, 0.05) is 25.2 Å². The van der Waals surface area contributed by atoms with Crippen LogP contribution in [0.25, 0.3) is 0 Å². The van der Waals surface area contributed by atoms with Crippen molar-refractivity contribution < 1.29 is 8.42 Å². The van der Waals surface area contributed by atoms with Crippen molar-refractivity contribution in [2.45, 2.75) is 70.9 Å².